The second kappa shape index (κ2) is 5.66. The van der Waals surface area contributed by atoms with Gasteiger partial charge in [-0.2, -0.15) is 0 Å². The van der Waals surface area contributed by atoms with Gasteiger partial charge in [-0.1, -0.05) is 13.8 Å². The highest BCUT2D eigenvalue weighted by Gasteiger charge is 2.31. The first kappa shape index (κ1) is 15.8. The van der Waals surface area contributed by atoms with E-state index >= 15 is 0 Å². The quantitative estimate of drug-likeness (QED) is 0.741. The van der Waals surface area contributed by atoms with Crippen LogP contribution in [0.5, 0.6) is 0 Å². The molecule has 0 bridgehead atoms. The number of amides is 1. The summed E-state index contributed by atoms with van der Waals surface area (Å²) >= 11 is 3.29. The molecule has 110 valence electrons. The van der Waals surface area contributed by atoms with Gasteiger partial charge in [0.25, 0.3) is 15.0 Å². The Balaban J connectivity index is 2.35. The Morgan fingerprint density at radius 2 is 1.85 bits per heavy atom. The van der Waals surface area contributed by atoms with E-state index in [4.69, 9.17) is 10.7 Å². The summed E-state index contributed by atoms with van der Waals surface area (Å²) in [6.45, 7) is 5.58. The van der Waals surface area contributed by atoms with Crippen molar-refractivity contribution in [3.63, 3.8) is 0 Å². The molecule has 1 amide bonds. The Labute approximate surface area is 131 Å². The lowest BCUT2D eigenvalue weighted by Gasteiger charge is -2.17. The van der Waals surface area contributed by atoms with Gasteiger partial charge in [0, 0.05) is 28.2 Å². The molecule has 1 fully saturated rings. The van der Waals surface area contributed by atoms with Crippen LogP contribution in [0.1, 0.15) is 24.2 Å². The number of hydrogen-bond acceptors (Lipinski definition) is 3. The Morgan fingerprint density at radius 1 is 1.30 bits per heavy atom. The molecule has 20 heavy (non-hydrogen) atoms. The highest BCUT2D eigenvalue weighted by molar-refractivity contribution is 9.10. The molecule has 1 saturated heterocycles. The molecule has 0 aliphatic carbocycles. The number of likely N-dealkylation sites (tertiary alicyclic amines) is 1. The standard InChI is InChI=1S/C13H15BrClNO3S/c1-8-6-16(7-9(8)2)13(17)11-5-10(20(15,18)19)3-4-12(11)14/h3-5,8-9H,6-7H2,1-2H3. The van der Waals surface area contributed by atoms with E-state index in [1.807, 2.05) is 0 Å². The third-order valence-electron chi connectivity index (χ3n) is 3.73. The van der Waals surface area contributed by atoms with Crippen molar-refractivity contribution in [1.29, 1.82) is 0 Å². The fraction of sp³-hybridized carbons (Fsp3) is 0.462. The van der Waals surface area contributed by atoms with Crippen molar-refractivity contribution in [3.8, 4) is 0 Å². The SMILES string of the molecule is CC1CN(C(=O)c2cc(S(=O)(=O)Cl)ccc2Br)CC1C. The number of carbonyl (C=O) groups excluding carboxylic acids is 1. The lowest BCUT2D eigenvalue weighted by Crippen LogP contribution is -2.29. The highest BCUT2D eigenvalue weighted by Crippen LogP contribution is 2.28. The molecule has 2 rings (SSSR count). The van der Waals surface area contributed by atoms with E-state index in [-0.39, 0.29) is 10.8 Å². The van der Waals surface area contributed by atoms with Crippen molar-refractivity contribution in [2.24, 2.45) is 11.8 Å². The summed E-state index contributed by atoms with van der Waals surface area (Å²) in [4.78, 5) is 14.2. The molecule has 7 heteroatoms. The van der Waals surface area contributed by atoms with Crippen LogP contribution in [0.15, 0.2) is 27.6 Å². The molecule has 0 spiro atoms. The van der Waals surface area contributed by atoms with Gasteiger partial charge >= 0.3 is 0 Å². The predicted molar refractivity (Wildman–Crippen MR) is 81.4 cm³/mol. The minimum Gasteiger partial charge on any atom is -0.338 e. The second-order valence-corrected chi connectivity index (χ2v) is 8.66. The maximum absolute atomic E-state index is 12.5. The molecule has 1 aromatic rings. The summed E-state index contributed by atoms with van der Waals surface area (Å²) in [5.41, 5.74) is 0.327. The van der Waals surface area contributed by atoms with Crippen molar-refractivity contribution >= 4 is 41.6 Å². The highest BCUT2D eigenvalue weighted by atomic mass is 79.9. The third kappa shape index (κ3) is 3.18. The summed E-state index contributed by atoms with van der Waals surface area (Å²) < 4.78 is 23.3. The van der Waals surface area contributed by atoms with E-state index in [2.05, 4.69) is 29.8 Å². The van der Waals surface area contributed by atoms with Gasteiger partial charge in [0.05, 0.1) is 10.5 Å². The Hall–Kier alpha value is -0.590. The van der Waals surface area contributed by atoms with E-state index in [1.54, 1.807) is 4.90 Å². The van der Waals surface area contributed by atoms with Crippen LogP contribution in [0.25, 0.3) is 0 Å². The van der Waals surface area contributed by atoms with E-state index in [0.29, 0.717) is 35.0 Å². The molecule has 0 radical (unpaired) electrons. The number of hydrogen-bond donors (Lipinski definition) is 0. The first-order valence-electron chi connectivity index (χ1n) is 6.23. The normalized spacial score (nSPS) is 23.1. The largest absolute Gasteiger partial charge is 0.338 e. The Bertz CT molecular complexity index is 637. The van der Waals surface area contributed by atoms with Crippen LogP contribution < -0.4 is 0 Å². The molecule has 4 nitrogen and oxygen atoms in total. The lowest BCUT2D eigenvalue weighted by molar-refractivity contribution is 0.0784. The first-order valence-corrected chi connectivity index (χ1v) is 9.34. The maximum atomic E-state index is 12.5. The molecule has 1 heterocycles. The van der Waals surface area contributed by atoms with Gasteiger partial charge in [-0.3, -0.25) is 4.79 Å². The molecular weight excluding hydrogens is 366 g/mol. The second-order valence-electron chi connectivity index (χ2n) is 5.24. The fourth-order valence-electron chi connectivity index (χ4n) is 2.29. The summed E-state index contributed by atoms with van der Waals surface area (Å²) in [6, 6.07) is 4.23. The Morgan fingerprint density at radius 3 is 2.35 bits per heavy atom. The first-order chi connectivity index (χ1) is 9.20. The van der Waals surface area contributed by atoms with Crippen LogP contribution in [0.2, 0.25) is 0 Å². The van der Waals surface area contributed by atoms with E-state index in [0.717, 1.165) is 0 Å². The Kier molecular flexibility index (Phi) is 4.47. The molecule has 0 N–H and O–H groups in total. The van der Waals surface area contributed by atoms with Gasteiger partial charge in [0.15, 0.2) is 0 Å². The van der Waals surface area contributed by atoms with Crippen LogP contribution in [0.3, 0.4) is 0 Å². The van der Waals surface area contributed by atoms with E-state index in [1.165, 1.54) is 18.2 Å². The van der Waals surface area contributed by atoms with Crippen molar-refractivity contribution in [3.05, 3.63) is 28.2 Å². The maximum Gasteiger partial charge on any atom is 0.261 e. The molecular formula is C13H15BrClNO3S. The van der Waals surface area contributed by atoms with Crippen LogP contribution in [0.4, 0.5) is 0 Å². The van der Waals surface area contributed by atoms with E-state index < -0.39 is 9.05 Å². The molecule has 1 aromatic carbocycles. The zero-order valence-electron chi connectivity index (χ0n) is 11.1. The molecule has 0 saturated carbocycles. The van der Waals surface area contributed by atoms with Crippen LogP contribution in [-0.2, 0) is 9.05 Å². The number of rotatable bonds is 2. The van der Waals surface area contributed by atoms with Gasteiger partial charge in [-0.05, 0) is 46.0 Å². The molecule has 2 atom stereocenters. The van der Waals surface area contributed by atoms with Crippen LogP contribution in [-0.4, -0.2) is 32.3 Å². The van der Waals surface area contributed by atoms with Crippen LogP contribution in [0, 0.1) is 11.8 Å². The smallest absolute Gasteiger partial charge is 0.261 e. The van der Waals surface area contributed by atoms with Crippen LogP contribution >= 0.6 is 26.6 Å². The van der Waals surface area contributed by atoms with Gasteiger partial charge in [0.1, 0.15) is 0 Å². The number of halogens is 2. The monoisotopic (exact) mass is 379 g/mol. The molecule has 1 aliphatic heterocycles. The topological polar surface area (TPSA) is 54.5 Å². The van der Waals surface area contributed by atoms with Crippen molar-refractivity contribution in [1.82, 2.24) is 4.90 Å². The summed E-state index contributed by atoms with van der Waals surface area (Å²) in [6.07, 6.45) is 0. The number of carbonyl (C=O) groups is 1. The van der Waals surface area contributed by atoms with Gasteiger partial charge in [-0.25, -0.2) is 8.42 Å². The number of nitrogens with zero attached hydrogens (tertiary/aromatic N) is 1. The summed E-state index contributed by atoms with van der Waals surface area (Å²) in [5, 5.41) is 0. The third-order valence-corrected chi connectivity index (χ3v) is 5.77. The zero-order valence-corrected chi connectivity index (χ0v) is 14.3. The van der Waals surface area contributed by atoms with Crippen molar-refractivity contribution in [2.75, 3.05) is 13.1 Å². The minimum atomic E-state index is -3.84. The predicted octanol–water partition coefficient (Wildman–Crippen LogP) is 3.10. The number of benzene rings is 1. The summed E-state index contributed by atoms with van der Waals surface area (Å²) in [5.74, 6) is 0.713. The fourth-order valence-corrected chi connectivity index (χ4v) is 3.48. The van der Waals surface area contributed by atoms with Crippen molar-refractivity contribution in [2.45, 2.75) is 18.7 Å². The zero-order chi connectivity index (χ0) is 15.1. The lowest BCUT2D eigenvalue weighted by atomic mass is 10.0. The van der Waals surface area contributed by atoms with Crippen molar-refractivity contribution < 1.29 is 13.2 Å². The average Bonchev–Trinajstić information content (AvgIpc) is 2.68. The van der Waals surface area contributed by atoms with Gasteiger partial charge in [-0.15, -0.1) is 0 Å². The van der Waals surface area contributed by atoms with Gasteiger partial charge in [0.2, 0.25) is 0 Å². The minimum absolute atomic E-state index is 0.0639. The molecule has 0 aromatic heterocycles. The molecule has 1 aliphatic rings. The van der Waals surface area contributed by atoms with E-state index in [9.17, 15) is 13.2 Å². The summed E-state index contributed by atoms with van der Waals surface area (Å²) in [7, 11) is 1.49. The average molecular weight is 381 g/mol. The van der Waals surface area contributed by atoms with Gasteiger partial charge < -0.3 is 4.90 Å². The molecule has 2 unspecified atom stereocenters.